The first-order chi connectivity index (χ1) is 11.0. The van der Waals surface area contributed by atoms with Crippen LogP contribution in [-0.4, -0.2) is 59.7 Å². The van der Waals surface area contributed by atoms with Gasteiger partial charge < -0.3 is 14.1 Å². The van der Waals surface area contributed by atoms with Gasteiger partial charge in [0.05, 0.1) is 18.1 Å². The van der Waals surface area contributed by atoms with Gasteiger partial charge in [0.2, 0.25) is 5.91 Å². The Morgan fingerprint density at radius 3 is 2.70 bits per heavy atom. The maximum absolute atomic E-state index is 12.3. The van der Waals surface area contributed by atoms with E-state index in [1.54, 1.807) is 17.0 Å². The smallest absolute Gasteiger partial charge is 0.294 e. The highest BCUT2D eigenvalue weighted by atomic mass is 79.9. The Bertz CT molecular complexity index is 680. The Labute approximate surface area is 144 Å². The fourth-order valence-corrected chi connectivity index (χ4v) is 3.36. The van der Waals surface area contributed by atoms with Crippen molar-refractivity contribution in [2.45, 2.75) is 0 Å². The van der Waals surface area contributed by atoms with Crippen LogP contribution in [0.2, 0.25) is 0 Å². The summed E-state index contributed by atoms with van der Waals surface area (Å²) in [6.07, 6.45) is 1.49. The van der Waals surface area contributed by atoms with E-state index in [0.29, 0.717) is 36.7 Å². The first kappa shape index (κ1) is 16.3. The maximum atomic E-state index is 12.3. The molecule has 0 atom stereocenters. The number of morpholine rings is 1. The van der Waals surface area contributed by atoms with Gasteiger partial charge >= 0.3 is 0 Å². The number of ether oxygens (including phenoxy) is 1. The number of nitrogens with zero attached hydrogens (tertiary/aromatic N) is 2. The lowest BCUT2D eigenvalue weighted by Crippen LogP contribution is -2.46. The van der Waals surface area contributed by atoms with Crippen LogP contribution < -0.4 is 0 Å². The van der Waals surface area contributed by atoms with E-state index in [2.05, 4.69) is 15.9 Å². The van der Waals surface area contributed by atoms with E-state index in [-0.39, 0.29) is 17.4 Å². The summed E-state index contributed by atoms with van der Waals surface area (Å²) in [5, 5.41) is -0.450. The highest BCUT2D eigenvalue weighted by Crippen LogP contribution is 2.32. The lowest BCUT2D eigenvalue weighted by molar-refractivity contribution is -0.139. The van der Waals surface area contributed by atoms with Gasteiger partial charge in [0.25, 0.3) is 11.1 Å². The molecule has 2 aliphatic heterocycles. The summed E-state index contributed by atoms with van der Waals surface area (Å²) in [4.78, 5) is 39.3. The van der Waals surface area contributed by atoms with Crippen molar-refractivity contribution in [3.05, 3.63) is 27.5 Å². The largest absolute Gasteiger partial charge is 0.450 e. The molecule has 122 valence electrons. The minimum Gasteiger partial charge on any atom is -0.450 e. The van der Waals surface area contributed by atoms with Crippen LogP contribution >= 0.6 is 27.7 Å². The molecule has 23 heavy (non-hydrogen) atoms. The summed E-state index contributed by atoms with van der Waals surface area (Å²) in [7, 11) is 0. The molecule has 3 heterocycles. The Hall–Kier alpha value is -1.58. The summed E-state index contributed by atoms with van der Waals surface area (Å²) in [6.45, 7) is 1.66. The van der Waals surface area contributed by atoms with Gasteiger partial charge in [0.1, 0.15) is 12.3 Å². The number of rotatable bonds is 3. The van der Waals surface area contributed by atoms with Crippen molar-refractivity contribution >= 4 is 50.8 Å². The molecule has 3 amide bonds. The highest BCUT2D eigenvalue weighted by Gasteiger charge is 2.37. The van der Waals surface area contributed by atoms with Crippen molar-refractivity contribution in [3.8, 4) is 0 Å². The molecule has 0 unspecified atom stereocenters. The van der Waals surface area contributed by atoms with Gasteiger partial charge in [-0.25, -0.2) is 0 Å². The Balaban J connectivity index is 1.68. The van der Waals surface area contributed by atoms with Gasteiger partial charge in [-0.15, -0.1) is 0 Å². The highest BCUT2D eigenvalue weighted by molar-refractivity contribution is 9.10. The molecule has 0 aliphatic carbocycles. The minimum atomic E-state index is -0.478. The lowest BCUT2D eigenvalue weighted by Gasteiger charge is -2.27. The van der Waals surface area contributed by atoms with Crippen LogP contribution in [0.25, 0.3) is 6.08 Å². The molecule has 9 heteroatoms. The van der Waals surface area contributed by atoms with Gasteiger partial charge in [0, 0.05) is 19.2 Å². The molecule has 0 aromatic carbocycles. The van der Waals surface area contributed by atoms with Gasteiger partial charge in [-0.3, -0.25) is 19.3 Å². The molecule has 1 aromatic heterocycles. The number of hydrogen-bond donors (Lipinski definition) is 0. The van der Waals surface area contributed by atoms with Crippen molar-refractivity contribution in [3.63, 3.8) is 0 Å². The number of halogens is 1. The molecule has 0 bridgehead atoms. The second-order valence-electron chi connectivity index (χ2n) is 4.90. The Kier molecular flexibility index (Phi) is 4.88. The van der Waals surface area contributed by atoms with Crippen LogP contribution in [0.1, 0.15) is 5.76 Å². The molecule has 0 saturated carbocycles. The van der Waals surface area contributed by atoms with E-state index >= 15 is 0 Å². The van der Waals surface area contributed by atoms with E-state index < -0.39 is 11.1 Å². The average Bonchev–Trinajstić information content (AvgIpc) is 3.07. The molecular formula is C14H13BrN2O5S. The predicted molar refractivity (Wildman–Crippen MR) is 86.5 cm³/mol. The predicted octanol–water partition coefficient (Wildman–Crippen LogP) is 1.94. The fourth-order valence-electron chi connectivity index (χ4n) is 2.22. The summed E-state index contributed by atoms with van der Waals surface area (Å²) in [6, 6.07) is 3.37. The monoisotopic (exact) mass is 400 g/mol. The number of thioether (sulfide) groups is 1. The minimum absolute atomic E-state index is 0.242. The zero-order chi connectivity index (χ0) is 16.4. The summed E-state index contributed by atoms with van der Waals surface area (Å²) in [5.41, 5.74) is 0. The molecular weight excluding hydrogens is 388 g/mol. The zero-order valence-electron chi connectivity index (χ0n) is 12.0. The number of imide groups is 1. The van der Waals surface area contributed by atoms with E-state index in [1.807, 2.05) is 0 Å². The lowest BCUT2D eigenvalue weighted by atomic mass is 10.3. The molecule has 1 aromatic rings. The summed E-state index contributed by atoms with van der Waals surface area (Å²) >= 11 is 3.97. The van der Waals surface area contributed by atoms with E-state index in [0.717, 1.165) is 16.7 Å². The van der Waals surface area contributed by atoms with Crippen molar-refractivity contribution < 1.29 is 23.5 Å². The van der Waals surface area contributed by atoms with Crippen LogP contribution in [-0.2, 0) is 14.3 Å². The zero-order valence-corrected chi connectivity index (χ0v) is 14.4. The van der Waals surface area contributed by atoms with Crippen LogP contribution in [0.15, 0.2) is 26.1 Å². The molecule has 7 nitrogen and oxygen atoms in total. The average molecular weight is 401 g/mol. The normalized spacial score (nSPS) is 20.7. The van der Waals surface area contributed by atoms with Gasteiger partial charge in [-0.05, 0) is 39.8 Å². The van der Waals surface area contributed by atoms with E-state index in [4.69, 9.17) is 9.15 Å². The first-order valence-electron chi connectivity index (χ1n) is 6.91. The molecule has 0 N–H and O–H groups in total. The SMILES string of the molecule is O=C(CN1C(=O)S/C(=C/c2ccc(Br)o2)C1=O)N1CCOCC1. The third kappa shape index (κ3) is 3.67. The van der Waals surface area contributed by atoms with Crippen molar-refractivity contribution in [1.82, 2.24) is 9.80 Å². The molecule has 2 saturated heterocycles. The van der Waals surface area contributed by atoms with Crippen LogP contribution in [0.5, 0.6) is 0 Å². The molecule has 3 rings (SSSR count). The van der Waals surface area contributed by atoms with Gasteiger partial charge in [0.15, 0.2) is 4.67 Å². The molecule has 2 fully saturated rings. The quantitative estimate of drug-likeness (QED) is 0.721. The Morgan fingerprint density at radius 2 is 2.04 bits per heavy atom. The Morgan fingerprint density at radius 1 is 1.30 bits per heavy atom. The number of carbonyl (C=O) groups excluding carboxylic acids is 3. The number of amides is 3. The molecule has 0 radical (unpaired) electrons. The van der Waals surface area contributed by atoms with E-state index in [9.17, 15) is 14.4 Å². The molecule has 2 aliphatic rings. The number of hydrogen-bond acceptors (Lipinski definition) is 6. The van der Waals surface area contributed by atoms with Crippen LogP contribution in [0.3, 0.4) is 0 Å². The topological polar surface area (TPSA) is 80.1 Å². The van der Waals surface area contributed by atoms with E-state index in [1.165, 1.54) is 6.08 Å². The maximum Gasteiger partial charge on any atom is 0.294 e. The van der Waals surface area contributed by atoms with Crippen LogP contribution in [0, 0.1) is 0 Å². The third-order valence-electron chi connectivity index (χ3n) is 3.40. The van der Waals surface area contributed by atoms with Crippen LogP contribution in [0.4, 0.5) is 4.79 Å². The van der Waals surface area contributed by atoms with Crippen molar-refractivity contribution in [2.24, 2.45) is 0 Å². The first-order valence-corrected chi connectivity index (χ1v) is 8.52. The summed E-state index contributed by atoms with van der Waals surface area (Å²) in [5.74, 6) is -0.270. The number of furan rings is 1. The second kappa shape index (κ2) is 6.90. The van der Waals surface area contributed by atoms with Gasteiger partial charge in [-0.1, -0.05) is 0 Å². The second-order valence-corrected chi connectivity index (χ2v) is 6.68. The third-order valence-corrected chi connectivity index (χ3v) is 4.73. The molecule has 0 spiro atoms. The standard InChI is InChI=1S/C14H13BrN2O5S/c15-11-2-1-9(22-11)7-10-13(19)17(14(20)23-10)8-12(18)16-3-5-21-6-4-16/h1-2,7H,3-6,8H2/b10-7+. The summed E-state index contributed by atoms with van der Waals surface area (Å²) < 4.78 is 11.0. The van der Waals surface area contributed by atoms with Crippen molar-refractivity contribution in [1.29, 1.82) is 0 Å². The van der Waals surface area contributed by atoms with Crippen molar-refractivity contribution in [2.75, 3.05) is 32.8 Å². The number of carbonyl (C=O) groups is 3. The fraction of sp³-hybridized carbons (Fsp3) is 0.357. The van der Waals surface area contributed by atoms with Gasteiger partial charge in [-0.2, -0.15) is 0 Å².